The van der Waals surface area contributed by atoms with Crippen LogP contribution in [0.1, 0.15) is 20.8 Å². The van der Waals surface area contributed by atoms with Crippen LogP contribution in [0.3, 0.4) is 0 Å². The summed E-state index contributed by atoms with van der Waals surface area (Å²) in [5.41, 5.74) is 0. The van der Waals surface area contributed by atoms with E-state index in [2.05, 4.69) is 0 Å². The van der Waals surface area contributed by atoms with Crippen LogP contribution in [0, 0.1) is 0 Å². The summed E-state index contributed by atoms with van der Waals surface area (Å²) >= 11 is 0. The van der Waals surface area contributed by atoms with Crippen molar-refractivity contribution in [3.8, 4) is 34.5 Å². The van der Waals surface area contributed by atoms with E-state index in [1.807, 2.05) is 57.2 Å². The Kier molecular flexibility index (Phi) is 8.34. The molecule has 0 saturated carbocycles. The first-order valence-electron chi connectivity index (χ1n) is 10.4. The van der Waals surface area contributed by atoms with E-state index in [1.165, 1.54) is 0 Å². The third kappa shape index (κ3) is 7.06. The van der Waals surface area contributed by atoms with E-state index in [9.17, 15) is 0 Å². The molecule has 0 aliphatic heterocycles. The fourth-order valence-corrected chi connectivity index (χ4v) is 2.75. The Balaban J connectivity index is 1.73. The minimum absolute atomic E-state index is 0.588. The number of hydrogen-bond acceptors (Lipinski definition) is 6. The van der Waals surface area contributed by atoms with Gasteiger partial charge in [-0.25, -0.2) is 0 Å². The number of rotatable bonds is 12. The highest BCUT2D eigenvalue weighted by atomic mass is 16.7. The smallest absolute Gasteiger partial charge is 0.494 e. The summed E-state index contributed by atoms with van der Waals surface area (Å²) in [6.07, 6.45) is 0. The zero-order valence-electron chi connectivity index (χ0n) is 18.1. The van der Waals surface area contributed by atoms with Crippen LogP contribution in [0.2, 0.25) is 0 Å². The third-order valence-corrected chi connectivity index (χ3v) is 4.10. The van der Waals surface area contributed by atoms with Crippen molar-refractivity contribution < 1.29 is 28.2 Å². The van der Waals surface area contributed by atoms with Crippen molar-refractivity contribution in [2.45, 2.75) is 20.8 Å². The van der Waals surface area contributed by atoms with Gasteiger partial charge in [0.2, 0.25) is 0 Å². The van der Waals surface area contributed by atoms with Crippen molar-refractivity contribution in [3.63, 3.8) is 0 Å². The summed E-state index contributed by atoms with van der Waals surface area (Å²) < 4.78 is 34.3. The highest BCUT2D eigenvalue weighted by molar-refractivity contribution is 6.39. The van der Waals surface area contributed by atoms with E-state index >= 15 is 0 Å². The first kappa shape index (κ1) is 22.2. The first-order chi connectivity index (χ1) is 15.2. The molecule has 0 radical (unpaired) electrons. The molecule has 0 spiro atoms. The molecule has 6 nitrogen and oxygen atoms in total. The number of benzene rings is 3. The van der Waals surface area contributed by atoms with E-state index < -0.39 is 7.32 Å². The van der Waals surface area contributed by atoms with Crippen molar-refractivity contribution in [2.75, 3.05) is 19.8 Å². The average Bonchev–Trinajstić information content (AvgIpc) is 2.78. The van der Waals surface area contributed by atoms with Gasteiger partial charge in [-0.05, 0) is 93.6 Å². The maximum Gasteiger partial charge on any atom is 0.864 e. The Morgan fingerprint density at radius 1 is 0.419 bits per heavy atom. The summed E-state index contributed by atoms with van der Waals surface area (Å²) in [5.74, 6) is 4.07. The van der Waals surface area contributed by atoms with E-state index in [1.54, 1.807) is 36.4 Å². The highest BCUT2D eigenvalue weighted by Gasteiger charge is 2.30. The number of ether oxygens (including phenoxy) is 3. The minimum atomic E-state index is -1.01. The molecular formula is C24H27BO6. The van der Waals surface area contributed by atoms with Gasteiger partial charge in [-0.1, -0.05) is 0 Å². The lowest BCUT2D eigenvalue weighted by atomic mass is 10.2. The molecule has 0 saturated heterocycles. The first-order valence-corrected chi connectivity index (χ1v) is 10.4. The average molecular weight is 422 g/mol. The molecule has 0 atom stereocenters. The maximum atomic E-state index is 5.95. The lowest BCUT2D eigenvalue weighted by Gasteiger charge is -2.17. The van der Waals surface area contributed by atoms with Gasteiger partial charge < -0.3 is 28.2 Å². The van der Waals surface area contributed by atoms with Crippen LogP contribution < -0.4 is 28.2 Å². The van der Waals surface area contributed by atoms with Gasteiger partial charge in [0.1, 0.15) is 34.5 Å². The molecule has 0 unspecified atom stereocenters. The number of hydrogen-bond donors (Lipinski definition) is 0. The molecule has 162 valence electrons. The highest BCUT2D eigenvalue weighted by Crippen LogP contribution is 2.23. The zero-order valence-corrected chi connectivity index (χ0v) is 18.1. The molecule has 7 heteroatoms. The monoisotopic (exact) mass is 422 g/mol. The van der Waals surface area contributed by atoms with Crippen molar-refractivity contribution in [2.24, 2.45) is 0 Å². The van der Waals surface area contributed by atoms with E-state index in [0.29, 0.717) is 37.1 Å². The van der Waals surface area contributed by atoms with Crippen molar-refractivity contribution in [3.05, 3.63) is 72.8 Å². The van der Waals surface area contributed by atoms with Gasteiger partial charge in [-0.2, -0.15) is 0 Å². The standard InChI is InChI=1S/C24H27BO6/c1-4-26-19-7-13-22(14-8-19)29-25(30-23-15-9-20(10-16-23)27-5-2)31-24-17-11-21(12-18-24)28-6-3/h7-18H,4-6H2,1-3H3. The minimum Gasteiger partial charge on any atom is -0.494 e. The summed E-state index contributed by atoms with van der Waals surface area (Å²) in [4.78, 5) is 0. The van der Waals surface area contributed by atoms with E-state index in [0.717, 1.165) is 17.2 Å². The molecule has 3 rings (SSSR count). The summed E-state index contributed by atoms with van der Waals surface area (Å²) in [7, 11) is -1.01. The predicted octanol–water partition coefficient (Wildman–Crippen LogP) is 5.40. The molecule has 3 aromatic rings. The van der Waals surface area contributed by atoms with Gasteiger partial charge >= 0.3 is 7.32 Å². The molecule has 0 amide bonds. The lowest BCUT2D eigenvalue weighted by molar-refractivity contribution is 0.304. The van der Waals surface area contributed by atoms with Gasteiger partial charge in [0, 0.05) is 0 Å². The maximum absolute atomic E-state index is 5.95. The fourth-order valence-electron chi connectivity index (χ4n) is 2.75. The zero-order chi connectivity index (χ0) is 21.9. The van der Waals surface area contributed by atoms with Crippen molar-refractivity contribution in [1.29, 1.82) is 0 Å². The van der Waals surface area contributed by atoms with E-state index in [-0.39, 0.29) is 0 Å². The summed E-state index contributed by atoms with van der Waals surface area (Å²) in [6.45, 7) is 7.63. The molecule has 0 aliphatic rings. The predicted molar refractivity (Wildman–Crippen MR) is 120 cm³/mol. The largest absolute Gasteiger partial charge is 0.864 e. The van der Waals surface area contributed by atoms with Gasteiger partial charge in [-0.15, -0.1) is 0 Å². The Hall–Kier alpha value is -3.48. The van der Waals surface area contributed by atoms with Crippen LogP contribution in [0.15, 0.2) is 72.8 Å². The quantitative estimate of drug-likeness (QED) is 0.364. The van der Waals surface area contributed by atoms with Gasteiger partial charge in [-0.3, -0.25) is 0 Å². The van der Waals surface area contributed by atoms with Crippen LogP contribution in [0.4, 0.5) is 0 Å². The van der Waals surface area contributed by atoms with Crippen LogP contribution in [0.25, 0.3) is 0 Å². The Labute approximate surface area is 183 Å². The molecule has 0 bridgehead atoms. The molecule has 31 heavy (non-hydrogen) atoms. The summed E-state index contributed by atoms with van der Waals surface area (Å²) in [6, 6.07) is 21.9. The Bertz CT molecular complexity index is 774. The molecule has 0 heterocycles. The topological polar surface area (TPSA) is 55.4 Å². The van der Waals surface area contributed by atoms with Gasteiger partial charge in [0.15, 0.2) is 0 Å². The van der Waals surface area contributed by atoms with Crippen LogP contribution in [-0.4, -0.2) is 27.1 Å². The fraction of sp³-hybridized carbons (Fsp3) is 0.250. The lowest BCUT2D eigenvalue weighted by Crippen LogP contribution is -2.36. The summed E-state index contributed by atoms with van der Waals surface area (Å²) in [5, 5.41) is 0. The molecule has 0 fully saturated rings. The normalized spacial score (nSPS) is 10.2. The molecule has 3 aromatic carbocycles. The van der Waals surface area contributed by atoms with Crippen molar-refractivity contribution >= 4 is 7.32 Å². The second kappa shape index (κ2) is 11.6. The Morgan fingerprint density at radius 3 is 0.871 bits per heavy atom. The third-order valence-electron chi connectivity index (χ3n) is 4.10. The van der Waals surface area contributed by atoms with Gasteiger partial charge in [0.05, 0.1) is 19.8 Å². The van der Waals surface area contributed by atoms with E-state index in [4.69, 9.17) is 28.2 Å². The Morgan fingerprint density at radius 2 is 0.645 bits per heavy atom. The second-order valence-electron chi connectivity index (χ2n) is 6.36. The van der Waals surface area contributed by atoms with Gasteiger partial charge in [0.25, 0.3) is 0 Å². The van der Waals surface area contributed by atoms with Crippen LogP contribution in [-0.2, 0) is 0 Å². The SMILES string of the molecule is CCOc1ccc(OB(Oc2ccc(OCC)cc2)Oc2ccc(OCC)cc2)cc1. The molecular weight excluding hydrogens is 395 g/mol. The molecule has 0 N–H and O–H groups in total. The van der Waals surface area contributed by atoms with Crippen LogP contribution >= 0.6 is 0 Å². The van der Waals surface area contributed by atoms with Crippen molar-refractivity contribution in [1.82, 2.24) is 0 Å². The molecule has 0 aromatic heterocycles. The molecule has 0 aliphatic carbocycles. The van der Waals surface area contributed by atoms with Crippen LogP contribution in [0.5, 0.6) is 34.5 Å². The second-order valence-corrected chi connectivity index (χ2v) is 6.36.